The Balaban J connectivity index is 2.70. The quantitative estimate of drug-likeness (QED) is 0.864. The van der Waals surface area contributed by atoms with Crippen molar-refractivity contribution in [2.75, 3.05) is 6.54 Å². The SMILES string of the molecule is CC(=O)[C@H](CNC(C)C)c1ccc(Cl)s1. The van der Waals surface area contributed by atoms with Crippen molar-refractivity contribution in [3.8, 4) is 0 Å². The molecule has 1 heterocycles. The molecule has 1 atom stereocenters. The van der Waals surface area contributed by atoms with Crippen LogP contribution >= 0.6 is 22.9 Å². The number of thiophene rings is 1. The van der Waals surface area contributed by atoms with Gasteiger partial charge in [0.1, 0.15) is 5.78 Å². The summed E-state index contributed by atoms with van der Waals surface area (Å²) < 4.78 is 0.737. The van der Waals surface area contributed by atoms with Crippen LogP contribution in [0.3, 0.4) is 0 Å². The van der Waals surface area contributed by atoms with Gasteiger partial charge in [-0.3, -0.25) is 4.79 Å². The van der Waals surface area contributed by atoms with Crippen molar-refractivity contribution in [2.24, 2.45) is 0 Å². The largest absolute Gasteiger partial charge is 0.313 e. The summed E-state index contributed by atoms with van der Waals surface area (Å²) in [6.45, 7) is 6.45. The van der Waals surface area contributed by atoms with E-state index < -0.39 is 0 Å². The Morgan fingerprint density at radius 3 is 2.60 bits per heavy atom. The third-order valence-corrected chi connectivity index (χ3v) is 3.50. The van der Waals surface area contributed by atoms with Crippen LogP contribution in [0.5, 0.6) is 0 Å². The van der Waals surface area contributed by atoms with Crippen LogP contribution < -0.4 is 5.32 Å². The highest BCUT2D eigenvalue weighted by Gasteiger charge is 2.18. The standard InChI is InChI=1S/C11H16ClNOS/c1-7(2)13-6-9(8(3)14)10-4-5-11(12)15-10/h4-5,7,9,13H,6H2,1-3H3/t9-/m0/s1. The van der Waals surface area contributed by atoms with E-state index in [-0.39, 0.29) is 11.7 Å². The first-order chi connectivity index (χ1) is 7.00. The zero-order valence-corrected chi connectivity index (χ0v) is 10.8. The average molecular weight is 246 g/mol. The highest BCUT2D eigenvalue weighted by atomic mass is 35.5. The molecular weight excluding hydrogens is 230 g/mol. The molecule has 0 bridgehead atoms. The summed E-state index contributed by atoms with van der Waals surface area (Å²) in [5, 5.41) is 3.28. The zero-order chi connectivity index (χ0) is 11.4. The van der Waals surface area contributed by atoms with Crippen LogP contribution in [0.2, 0.25) is 4.34 Å². The Hall–Kier alpha value is -0.380. The Labute approximate surface area is 99.6 Å². The second-order valence-electron chi connectivity index (χ2n) is 3.87. The fraction of sp³-hybridized carbons (Fsp3) is 0.545. The smallest absolute Gasteiger partial charge is 0.139 e. The fourth-order valence-corrected chi connectivity index (χ4v) is 2.53. The molecule has 1 N–H and O–H groups in total. The summed E-state index contributed by atoms with van der Waals surface area (Å²) in [6, 6.07) is 4.16. The molecule has 0 spiro atoms. The lowest BCUT2D eigenvalue weighted by Gasteiger charge is -2.15. The minimum absolute atomic E-state index is 0.0649. The molecule has 0 aliphatic rings. The van der Waals surface area contributed by atoms with Crippen LogP contribution in [0.1, 0.15) is 31.6 Å². The first-order valence-electron chi connectivity index (χ1n) is 4.99. The molecule has 0 saturated carbocycles. The van der Waals surface area contributed by atoms with Crippen molar-refractivity contribution >= 4 is 28.7 Å². The summed E-state index contributed by atoms with van der Waals surface area (Å²) in [5.74, 6) is 0.117. The second kappa shape index (κ2) is 5.64. The summed E-state index contributed by atoms with van der Waals surface area (Å²) in [6.07, 6.45) is 0. The molecular formula is C11H16ClNOS. The highest BCUT2D eigenvalue weighted by molar-refractivity contribution is 7.16. The maximum atomic E-state index is 11.5. The van der Waals surface area contributed by atoms with E-state index in [2.05, 4.69) is 19.2 Å². The number of nitrogens with one attached hydrogen (secondary N) is 1. The van der Waals surface area contributed by atoms with Crippen molar-refractivity contribution in [2.45, 2.75) is 32.7 Å². The van der Waals surface area contributed by atoms with Crippen molar-refractivity contribution < 1.29 is 4.79 Å². The van der Waals surface area contributed by atoms with Crippen LogP contribution in [-0.2, 0) is 4.79 Å². The molecule has 84 valence electrons. The minimum atomic E-state index is -0.0649. The lowest BCUT2D eigenvalue weighted by Crippen LogP contribution is -2.30. The fourth-order valence-electron chi connectivity index (χ4n) is 1.31. The van der Waals surface area contributed by atoms with Gasteiger partial charge in [0.2, 0.25) is 0 Å². The molecule has 1 aromatic rings. The van der Waals surface area contributed by atoms with Gasteiger partial charge in [-0.1, -0.05) is 25.4 Å². The molecule has 0 unspecified atom stereocenters. The van der Waals surface area contributed by atoms with E-state index in [1.54, 1.807) is 6.92 Å². The van der Waals surface area contributed by atoms with Gasteiger partial charge >= 0.3 is 0 Å². The Kier molecular flexibility index (Phi) is 4.77. The number of Topliss-reactive ketones (excluding diaryl/α,β-unsaturated/α-hetero) is 1. The summed E-state index contributed by atoms with van der Waals surface area (Å²) in [5.41, 5.74) is 0. The van der Waals surface area contributed by atoms with E-state index in [1.807, 2.05) is 12.1 Å². The topological polar surface area (TPSA) is 29.1 Å². The number of carbonyl (C=O) groups excluding carboxylic acids is 1. The second-order valence-corrected chi connectivity index (χ2v) is 5.61. The monoisotopic (exact) mass is 245 g/mol. The summed E-state index contributed by atoms with van der Waals surface area (Å²) in [7, 11) is 0. The Bertz CT molecular complexity index is 335. The summed E-state index contributed by atoms with van der Waals surface area (Å²) >= 11 is 7.34. The maximum Gasteiger partial charge on any atom is 0.139 e. The predicted octanol–water partition coefficient (Wildman–Crippen LogP) is 3.07. The Morgan fingerprint density at radius 1 is 1.53 bits per heavy atom. The van der Waals surface area contributed by atoms with Crippen molar-refractivity contribution in [1.82, 2.24) is 5.32 Å². The zero-order valence-electron chi connectivity index (χ0n) is 9.21. The molecule has 0 aromatic carbocycles. The van der Waals surface area contributed by atoms with E-state index in [0.717, 1.165) is 9.21 Å². The molecule has 2 nitrogen and oxygen atoms in total. The van der Waals surface area contributed by atoms with Gasteiger partial charge in [0.05, 0.1) is 10.3 Å². The number of halogens is 1. The van der Waals surface area contributed by atoms with Gasteiger partial charge in [0.25, 0.3) is 0 Å². The molecule has 0 aliphatic carbocycles. The van der Waals surface area contributed by atoms with Gasteiger partial charge < -0.3 is 5.32 Å². The van der Waals surface area contributed by atoms with Crippen molar-refractivity contribution in [3.05, 3.63) is 21.3 Å². The number of ketones is 1. The minimum Gasteiger partial charge on any atom is -0.313 e. The number of rotatable bonds is 5. The van der Waals surface area contributed by atoms with Gasteiger partial charge in [0, 0.05) is 17.5 Å². The highest BCUT2D eigenvalue weighted by Crippen LogP contribution is 2.28. The molecule has 1 aromatic heterocycles. The van der Waals surface area contributed by atoms with Gasteiger partial charge in [-0.05, 0) is 19.1 Å². The lowest BCUT2D eigenvalue weighted by molar-refractivity contribution is -0.118. The molecule has 0 saturated heterocycles. The first kappa shape index (κ1) is 12.7. The van der Waals surface area contributed by atoms with E-state index in [9.17, 15) is 4.79 Å². The molecule has 0 fully saturated rings. The van der Waals surface area contributed by atoms with Crippen LogP contribution in [-0.4, -0.2) is 18.4 Å². The number of carbonyl (C=O) groups is 1. The molecule has 1 rings (SSSR count). The van der Waals surface area contributed by atoms with E-state index in [1.165, 1.54) is 11.3 Å². The molecule has 0 aliphatic heterocycles. The summed E-state index contributed by atoms with van der Waals surface area (Å²) in [4.78, 5) is 12.5. The van der Waals surface area contributed by atoms with E-state index in [4.69, 9.17) is 11.6 Å². The van der Waals surface area contributed by atoms with Gasteiger partial charge in [-0.15, -0.1) is 11.3 Å². The van der Waals surface area contributed by atoms with E-state index in [0.29, 0.717) is 12.6 Å². The van der Waals surface area contributed by atoms with Crippen LogP contribution in [0.15, 0.2) is 12.1 Å². The van der Waals surface area contributed by atoms with Crippen molar-refractivity contribution in [3.63, 3.8) is 0 Å². The molecule has 4 heteroatoms. The van der Waals surface area contributed by atoms with Gasteiger partial charge in [-0.2, -0.15) is 0 Å². The van der Waals surface area contributed by atoms with Crippen molar-refractivity contribution in [1.29, 1.82) is 0 Å². The predicted molar refractivity (Wildman–Crippen MR) is 65.9 cm³/mol. The van der Waals surface area contributed by atoms with E-state index >= 15 is 0 Å². The third kappa shape index (κ3) is 3.93. The van der Waals surface area contributed by atoms with Gasteiger partial charge in [-0.25, -0.2) is 0 Å². The number of hydrogen-bond donors (Lipinski definition) is 1. The third-order valence-electron chi connectivity index (χ3n) is 2.16. The lowest BCUT2D eigenvalue weighted by atomic mass is 10.0. The average Bonchev–Trinajstić information content (AvgIpc) is 2.51. The van der Waals surface area contributed by atoms with Crippen LogP contribution in [0.25, 0.3) is 0 Å². The van der Waals surface area contributed by atoms with Gasteiger partial charge in [0.15, 0.2) is 0 Å². The first-order valence-corrected chi connectivity index (χ1v) is 6.19. The molecule has 0 amide bonds. The van der Waals surface area contributed by atoms with Crippen LogP contribution in [0, 0.1) is 0 Å². The van der Waals surface area contributed by atoms with Crippen LogP contribution in [0.4, 0.5) is 0 Å². The normalized spacial score (nSPS) is 13.1. The number of hydrogen-bond acceptors (Lipinski definition) is 3. The Morgan fingerprint density at radius 2 is 2.20 bits per heavy atom. The molecule has 15 heavy (non-hydrogen) atoms. The molecule has 0 radical (unpaired) electrons. The maximum absolute atomic E-state index is 11.5.